The number of carbonyl (C=O) groups excluding carboxylic acids is 5. The van der Waals surface area contributed by atoms with Gasteiger partial charge in [0.15, 0.2) is 11.5 Å². The van der Waals surface area contributed by atoms with Crippen molar-refractivity contribution in [3.8, 4) is 16.9 Å². The van der Waals surface area contributed by atoms with E-state index in [9.17, 15) is 24.0 Å². The van der Waals surface area contributed by atoms with Crippen LogP contribution in [0.5, 0.6) is 5.75 Å². The zero-order valence-electron chi connectivity index (χ0n) is 34.1. The van der Waals surface area contributed by atoms with Crippen LogP contribution >= 0.6 is 0 Å². The van der Waals surface area contributed by atoms with Crippen LogP contribution in [0.1, 0.15) is 105 Å². The zero-order chi connectivity index (χ0) is 43.0. The Morgan fingerprint density at radius 3 is 2.35 bits per heavy atom. The third-order valence-electron chi connectivity index (χ3n) is 9.99. The van der Waals surface area contributed by atoms with E-state index in [2.05, 4.69) is 23.8 Å². The molecule has 1 amide bonds. The second kappa shape index (κ2) is 22.1. The fourth-order valence-corrected chi connectivity index (χ4v) is 6.38. The molecule has 1 aromatic heterocycles. The van der Waals surface area contributed by atoms with Crippen molar-refractivity contribution in [3.63, 3.8) is 0 Å². The predicted octanol–water partition coefficient (Wildman–Crippen LogP) is 7.07. The van der Waals surface area contributed by atoms with Gasteiger partial charge in [-0.3, -0.25) is 19.2 Å². The molecule has 0 aliphatic heterocycles. The number of ketones is 1. The minimum absolute atomic E-state index is 0.0540. The number of benzene rings is 3. The number of carbonyl (C=O) groups is 5. The minimum atomic E-state index is -1.02. The number of nitrogens with zero attached hydrogens (tertiary/aromatic N) is 1. The average molecular weight is 817 g/mol. The quantitative estimate of drug-likeness (QED) is 0.0228. The van der Waals surface area contributed by atoms with E-state index >= 15 is 0 Å². The van der Waals surface area contributed by atoms with Crippen molar-refractivity contribution in [1.29, 1.82) is 5.41 Å². The Labute approximate surface area is 350 Å². The van der Waals surface area contributed by atoms with E-state index < -0.39 is 36.6 Å². The van der Waals surface area contributed by atoms with Crippen molar-refractivity contribution in [1.82, 2.24) is 10.3 Å². The van der Waals surface area contributed by atoms with Gasteiger partial charge in [0.2, 0.25) is 6.79 Å². The number of esters is 3. The highest BCUT2D eigenvalue weighted by atomic mass is 16.7. The maximum absolute atomic E-state index is 14.2. The average Bonchev–Trinajstić information content (AvgIpc) is 4.10. The summed E-state index contributed by atoms with van der Waals surface area (Å²) in [4.78, 5) is 70.6. The highest BCUT2D eigenvalue weighted by Crippen LogP contribution is 2.35. The maximum atomic E-state index is 14.2. The van der Waals surface area contributed by atoms with Crippen molar-refractivity contribution in [2.75, 3.05) is 27.1 Å². The molecule has 0 bridgehead atoms. The molecule has 13 heteroatoms. The van der Waals surface area contributed by atoms with Crippen LogP contribution in [0.15, 0.2) is 85.4 Å². The first-order valence-corrected chi connectivity index (χ1v) is 20.1. The second-order valence-electron chi connectivity index (χ2n) is 14.6. The lowest BCUT2D eigenvalue weighted by Gasteiger charge is -2.17. The highest BCUT2D eigenvalue weighted by molar-refractivity contribution is 6.09. The largest absolute Gasteiger partial charge is 0.496 e. The van der Waals surface area contributed by atoms with Crippen LogP contribution in [-0.2, 0) is 36.6 Å². The molecule has 0 radical (unpaired) electrons. The number of unbranched alkanes of at least 4 members (excludes halogenated alkanes) is 3. The summed E-state index contributed by atoms with van der Waals surface area (Å²) in [6, 6.07) is 21.0. The summed E-state index contributed by atoms with van der Waals surface area (Å²) in [5.74, 6) is -2.35. The summed E-state index contributed by atoms with van der Waals surface area (Å²) in [5.41, 5.74) is 8.90. The first kappa shape index (κ1) is 44.6. The van der Waals surface area contributed by atoms with Gasteiger partial charge in [-0.05, 0) is 78.1 Å². The third kappa shape index (κ3) is 12.8. The summed E-state index contributed by atoms with van der Waals surface area (Å²) in [6.45, 7) is 5.99. The van der Waals surface area contributed by atoms with Crippen LogP contribution in [0.25, 0.3) is 17.2 Å². The highest BCUT2D eigenvalue weighted by Gasteiger charge is 2.27. The van der Waals surface area contributed by atoms with Gasteiger partial charge in [0.05, 0.1) is 20.1 Å². The Morgan fingerprint density at radius 1 is 0.917 bits per heavy atom. The van der Waals surface area contributed by atoms with Crippen LogP contribution in [0, 0.1) is 11.3 Å². The van der Waals surface area contributed by atoms with E-state index in [0.29, 0.717) is 41.5 Å². The topological polar surface area (TPSA) is 197 Å². The molecule has 1 aliphatic rings. The number of pyridine rings is 1. The van der Waals surface area contributed by atoms with Gasteiger partial charge in [-0.15, -0.1) is 0 Å². The number of nitrogens with two attached hydrogens (primary N) is 1. The molecule has 3 aromatic carbocycles. The van der Waals surface area contributed by atoms with Crippen molar-refractivity contribution in [3.05, 3.63) is 125 Å². The Balaban J connectivity index is 1.37. The Bertz CT molecular complexity index is 2180. The number of amides is 1. The van der Waals surface area contributed by atoms with E-state index in [1.165, 1.54) is 25.3 Å². The van der Waals surface area contributed by atoms with Crippen LogP contribution < -0.4 is 15.8 Å². The van der Waals surface area contributed by atoms with E-state index in [1.807, 2.05) is 30.3 Å². The number of Topliss-reactive ketones (excluding diaryl/α,β-unsaturated/α-hetero) is 1. The van der Waals surface area contributed by atoms with Crippen LogP contribution in [0.2, 0.25) is 0 Å². The van der Waals surface area contributed by atoms with Crippen LogP contribution in [0.3, 0.4) is 0 Å². The fourth-order valence-electron chi connectivity index (χ4n) is 6.38. The Morgan fingerprint density at radius 2 is 1.67 bits per heavy atom. The number of methoxy groups -OCH3 is 1. The normalized spacial score (nSPS) is 12.4. The van der Waals surface area contributed by atoms with Crippen molar-refractivity contribution in [2.24, 2.45) is 11.7 Å². The lowest BCUT2D eigenvalue weighted by molar-refractivity contribution is -0.153. The molecule has 5 rings (SSSR count). The number of hydrogen-bond acceptors (Lipinski definition) is 12. The number of ether oxygens (including phenoxy) is 4. The van der Waals surface area contributed by atoms with Gasteiger partial charge >= 0.3 is 17.9 Å². The lowest BCUT2D eigenvalue weighted by atomic mass is 9.90. The Kier molecular flexibility index (Phi) is 16.4. The second-order valence-corrected chi connectivity index (χ2v) is 14.6. The molecule has 0 spiro atoms. The number of aromatic nitrogens is 1. The van der Waals surface area contributed by atoms with Crippen molar-refractivity contribution >= 4 is 41.4 Å². The van der Waals surface area contributed by atoms with Gasteiger partial charge < -0.3 is 35.4 Å². The first-order valence-electron chi connectivity index (χ1n) is 20.1. The fraction of sp³-hybridized carbons (Fsp3) is 0.340. The molecule has 314 valence electrons. The Hall–Kier alpha value is -6.47. The summed E-state index contributed by atoms with van der Waals surface area (Å²) in [6.07, 6.45) is 7.45. The van der Waals surface area contributed by atoms with Crippen molar-refractivity contribution < 1.29 is 42.9 Å². The molecule has 1 heterocycles. The predicted molar refractivity (Wildman–Crippen MR) is 227 cm³/mol. The molecule has 1 atom stereocenters. The number of rotatable bonds is 23. The van der Waals surface area contributed by atoms with E-state index in [-0.39, 0.29) is 58.8 Å². The molecular formula is C47H52N4O9. The molecule has 4 aromatic rings. The van der Waals surface area contributed by atoms with Crippen LogP contribution in [0.4, 0.5) is 0 Å². The SMILES string of the molecule is C=Cc1cc(C(=O)Cc2ccc(C(=N)CC(=O)OCCCCCC)cc2)c(-c2ccc(C(=O)NCC3CC3)nc2C(=O)OCOC(=O)[C@@H](N)Cc2ccccc2)cc1OC. The molecule has 1 fully saturated rings. The molecule has 13 nitrogen and oxygen atoms in total. The van der Waals surface area contributed by atoms with Gasteiger partial charge in [-0.25, -0.2) is 9.78 Å². The van der Waals surface area contributed by atoms with Gasteiger partial charge in [0.1, 0.15) is 17.5 Å². The molecule has 0 unspecified atom stereocenters. The molecule has 4 N–H and O–H groups in total. The standard InChI is InChI=1S/C47H52N4O9/c1-4-6-7-11-22-58-43(53)27-38(48)34-18-16-31(17-19-34)24-41(52)37-25-33(5-2)42(57-3)26-36(37)35-20-21-40(45(54)50-28-32-14-15-32)51-44(35)47(56)60-29-59-46(55)39(49)23-30-12-9-8-10-13-30/h5,8-10,12-13,16-21,25-26,32,39,48H,2,4,6-7,11,14-15,22-24,27-29,49H2,1,3H3,(H,50,54)/t39-/m0/s1. The van der Waals surface area contributed by atoms with Gasteiger partial charge in [-0.1, -0.05) is 93.4 Å². The summed E-state index contributed by atoms with van der Waals surface area (Å²) < 4.78 is 21.5. The monoisotopic (exact) mass is 816 g/mol. The first-order chi connectivity index (χ1) is 29.0. The third-order valence-corrected chi connectivity index (χ3v) is 9.99. The molecule has 1 aliphatic carbocycles. The van der Waals surface area contributed by atoms with Crippen molar-refractivity contribution in [2.45, 2.75) is 70.8 Å². The summed E-state index contributed by atoms with van der Waals surface area (Å²) in [5, 5.41) is 11.3. The smallest absolute Gasteiger partial charge is 0.360 e. The molecule has 1 saturated carbocycles. The lowest BCUT2D eigenvalue weighted by Crippen LogP contribution is -2.35. The minimum Gasteiger partial charge on any atom is -0.496 e. The van der Waals surface area contributed by atoms with E-state index in [4.69, 9.17) is 30.1 Å². The zero-order valence-corrected chi connectivity index (χ0v) is 34.1. The van der Waals surface area contributed by atoms with Gasteiger partial charge in [0.25, 0.3) is 5.91 Å². The number of nitrogens with one attached hydrogen (secondary N) is 2. The van der Waals surface area contributed by atoms with E-state index in [1.54, 1.807) is 36.4 Å². The number of hydrogen-bond donors (Lipinski definition) is 3. The van der Waals surface area contributed by atoms with E-state index in [0.717, 1.165) is 44.1 Å². The molecule has 0 saturated heterocycles. The summed E-state index contributed by atoms with van der Waals surface area (Å²) in [7, 11) is 1.46. The summed E-state index contributed by atoms with van der Waals surface area (Å²) >= 11 is 0. The molecular weight excluding hydrogens is 765 g/mol. The van der Waals surface area contributed by atoms with Crippen LogP contribution in [-0.4, -0.2) is 73.4 Å². The molecule has 60 heavy (non-hydrogen) atoms. The van der Waals surface area contributed by atoms with Gasteiger partial charge in [0, 0.05) is 35.4 Å². The van der Waals surface area contributed by atoms with Gasteiger partial charge in [-0.2, -0.15) is 0 Å². The maximum Gasteiger partial charge on any atom is 0.360 e.